The number of nitrogens with zero attached hydrogens (tertiary/aromatic N) is 3. The molecule has 0 unspecified atom stereocenters. The average Bonchev–Trinajstić information content (AvgIpc) is 2.55. The van der Waals surface area contributed by atoms with Crippen LogP contribution in [0.25, 0.3) is 11.3 Å². The third-order valence-electron chi connectivity index (χ3n) is 3.20. The maximum absolute atomic E-state index is 13.7. The Morgan fingerprint density at radius 2 is 1.72 bits per heavy atom. The molecule has 3 aromatic rings. The molecule has 3 heterocycles. The first-order valence-corrected chi connectivity index (χ1v) is 6.92. The van der Waals surface area contributed by atoms with Crippen LogP contribution in [0.4, 0.5) is 8.78 Å². The van der Waals surface area contributed by atoms with Crippen LogP contribution in [0, 0.1) is 18.0 Å². The summed E-state index contributed by atoms with van der Waals surface area (Å²) < 4.78 is 26.6. The van der Waals surface area contributed by atoms with Crippen LogP contribution in [0.1, 0.15) is 21.9 Å². The first kappa shape index (κ1) is 18.8. The van der Waals surface area contributed by atoms with Gasteiger partial charge in [0.05, 0.1) is 0 Å². The molecule has 0 spiro atoms. The van der Waals surface area contributed by atoms with Gasteiger partial charge in [0, 0.05) is 38.9 Å². The van der Waals surface area contributed by atoms with E-state index in [1.807, 2.05) is 0 Å². The second kappa shape index (κ2) is 8.03. The molecule has 0 atom stereocenters. The zero-order chi connectivity index (χ0) is 17.1. The minimum atomic E-state index is -1.12. The third-order valence-corrected chi connectivity index (χ3v) is 3.20. The summed E-state index contributed by atoms with van der Waals surface area (Å²) in [5.41, 5.74) is 1.23. The fraction of sp³-hybridized carbons (Fsp3) is 0.0588. The zero-order valence-corrected chi connectivity index (χ0v) is 14.8. The quantitative estimate of drug-likeness (QED) is 0.422. The normalized spacial score (nSPS) is 10.2. The second-order valence-electron chi connectivity index (χ2n) is 4.90. The number of aromatic carboxylic acids is 1. The van der Waals surface area contributed by atoms with Crippen molar-refractivity contribution >= 4 is 5.97 Å². The summed E-state index contributed by atoms with van der Waals surface area (Å²) in [6.45, 7) is 0. The first-order valence-electron chi connectivity index (χ1n) is 6.92. The van der Waals surface area contributed by atoms with Gasteiger partial charge in [-0.05, 0) is 23.9 Å². The Labute approximate surface area is 156 Å². The molecule has 0 aliphatic heterocycles. The van der Waals surface area contributed by atoms with Crippen molar-refractivity contribution in [2.75, 3.05) is 0 Å². The number of pyridine rings is 3. The molecule has 5 nitrogen and oxygen atoms in total. The van der Waals surface area contributed by atoms with Crippen molar-refractivity contribution in [2.45, 2.75) is 6.42 Å². The number of rotatable bonds is 4. The Bertz CT molecular complexity index is 922. The van der Waals surface area contributed by atoms with E-state index in [1.165, 1.54) is 6.07 Å². The minimum Gasteiger partial charge on any atom is -0.477 e. The van der Waals surface area contributed by atoms with Gasteiger partial charge in [0.25, 0.3) is 0 Å². The molecule has 8 heteroatoms. The van der Waals surface area contributed by atoms with E-state index in [-0.39, 0.29) is 44.4 Å². The molecule has 0 saturated carbocycles. The molecule has 0 radical (unpaired) electrons. The van der Waals surface area contributed by atoms with Gasteiger partial charge in [-0.3, -0.25) is 4.98 Å². The molecule has 0 aromatic carbocycles. The Kier molecular flexibility index (Phi) is 6.04. The van der Waals surface area contributed by atoms with Crippen molar-refractivity contribution in [1.82, 2.24) is 15.0 Å². The van der Waals surface area contributed by atoms with Crippen LogP contribution >= 0.6 is 0 Å². The van der Waals surface area contributed by atoms with Crippen molar-refractivity contribution in [1.29, 1.82) is 0 Å². The molecule has 0 aliphatic rings. The van der Waals surface area contributed by atoms with Crippen LogP contribution in [0.5, 0.6) is 0 Å². The standard InChI is InChI=1S/C17H10F2N3O2.Pt/c18-15-8-7-12(16(19)22-15)13-5-1-3-10(20-13)9-11-4-2-6-14(21-11)17(23)24;/h1-6,8H,9H2,(H,23,24);/q-1;. The summed E-state index contributed by atoms with van der Waals surface area (Å²) in [5, 5.41) is 8.96. The van der Waals surface area contributed by atoms with Gasteiger partial charge < -0.3 is 10.1 Å². The summed E-state index contributed by atoms with van der Waals surface area (Å²) in [6.07, 6.45) is 0.269. The summed E-state index contributed by atoms with van der Waals surface area (Å²) in [4.78, 5) is 22.4. The van der Waals surface area contributed by atoms with Crippen LogP contribution < -0.4 is 0 Å². The van der Waals surface area contributed by atoms with E-state index in [4.69, 9.17) is 5.11 Å². The molecule has 0 aliphatic carbocycles. The first-order chi connectivity index (χ1) is 11.5. The van der Waals surface area contributed by atoms with Gasteiger partial charge in [-0.1, -0.05) is 29.8 Å². The van der Waals surface area contributed by atoms with Gasteiger partial charge in [-0.2, -0.15) is 0 Å². The molecule has 3 rings (SSSR count). The molecule has 1 N–H and O–H groups in total. The Hall–Kier alpha value is -2.53. The van der Waals surface area contributed by atoms with E-state index in [1.54, 1.807) is 30.3 Å². The number of halogens is 2. The van der Waals surface area contributed by atoms with E-state index < -0.39 is 17.9 Å². The summed E-state index contributed by atoms with van der Waals surface area (Å²) in [7, 11) is 0. The number of aromatic nitrogens is 3. The third kappa shape index (κ3) is 4.51. The molecule has 0 fully saturated rings. The number of carboxylic acid groups (broad SMARTS) is 1. The Balaban J connectivity index is 0.00000225. The summed E-state index contributed by atoms with van der Waals surface area (Å²) in [5.74, 6) is -3.07. The zero-order valence-electron chi connectivity index (χ0n) is 12.5. The molecule has 0 saturated heterocycles. The smallest absolute Gasteiger partial charge is 0.354 e. The van der Waals surface area contributed by atoms with Gasteiger partial charge in [0.1, 0.15) is 17.6 Å². The summed E-state index contributed by atoms with van der Waals surface area (Å²) >= 11 is 0. The van der Waals surface area contributed by atoms with Crippen LogP contribution in [0.15, 0.2) is 42.5 Å². The van der Waals surface area contributed by atoms with Crippen molar-refractivity contribution in [2.24, 2.45) is 0 Å². The molecule has 0 bridgehead atoms. The molecule has 25 heavy (non-hydrogen) atoms. The molecule has 0 amide bonds. The molecule has 130 valence electrons. The van der Waals surface area contributed by atoms with Crippen LogP contribution in [-0.2, 0) is 27.5 Å². The van der Waals surface area contributed by atoms with E-state index in [9.17, 15) is 13.6 Å². The van der Waals surface area contributed by atoms with E-state index in [0.29, 0.717) is 11.4 Å². The van der Waals surface area contributed by atoms with Crippen molar-refractivity contribution in [3.05, 3.63) is 77.5 Å². The SMILES string of the molecule is O=C(O)c1cccc(Cc2cccc(-c3[c-]cc(F)nc3F)n2)n1.[Pt]. The van der Waals surface area contributed by atoms with Crippen molar-refractivity contribution in [3.63, 3.8) is 0 Å². The van der Waals surface area contributed by atoms with Crippen LogP contribution in [0.3, 0.4) is 0 Å². The maximum Gasteiger partial charge on any atom is 0.354 e. The minimum absolute atomic E-state index is 0. The second-order valence-corrected chi connectivity index (χ2v) is 4.90. The molecular formula is C17H10F2N3O2Pt-. The van der Waals surface area contributed by atoms with Gasteiger partial charge in [0.15, 0.2) is 0 Å². The van der Waals surface area contributed by atoms with Gasteiger partial charge >= 0.3 is 5.97 Å². The fourth-order valence-corrected chi connectivity index (χ4v) is 2.15. The molecular weight excluding hydrogens is 511 g/mol. The topological polar surface area (TPSA) is 76.0 Å². The fourth-order valence-electron chi connectivity index (χ4n) is 2.15. The number of hydrogen-bond donors (Lipinski definition) is 1. The van der Waals surface area contributed by atoms with E-state index in [2.05, 4.69) is 21.0 Å². The van der Waals surface area contributed by atoms with E-state index in [0.717, 1.165) is 6.07 Å². The summed E-state index contributed by atoms with van der Waals surface area (Å²) in [6, 6.07) is 13.0. The van der Waals surface area contributed by atoms with Gasteiger partial charge in [0.2, 0.25) is 0 Å². The van der Waals surface area contributed by atoms with Crippen molar-refractivity contribution in [3.8, 4) is 11.3 Å². The number of carboxylic acids is 1. The number of hydrogen-bond acceptors (Lipinski definition) is 4. The predicted molar refractivity (Wildman–Crippen MR) is 80.2 cm³/mol. The van der Waals surface area contributed by atoms with Crippen LogP contribution in [0.2, 0.25) is 0 Å². The van der Waals surface area contributed by atoms with Gasteiger partial charge in [-0.25, -0.2) is 18.6 Å². The van der Waals surface area contributed by atoms with Crippen LogP contribution in [-0.4, -0.2) is 26.0 Å². The van der Waals surface area contributed by atoms with Crippen molar-refractivity contribution < 1.29 is 39.7 Å². The largest absolute Gasteiger partial charge is 0.477 e. The Morgan fingerprint density at radius 3 is 2.40 bits per heavy atom. The molecule has 3 aromatic heterocycles. The monoisotopic (exact) mass is 521 g/mol. The Morgan fingerprint density at radius 1 is 1.04 bits per heavy atom. The van der Waals surface area contributed by atoms with E-state index >= 15 is 0 Å². The predicted octanol–water partition coefficient (Wildman–Crippen LogP) is 2.90. The number of carbonyl (C=O) groups is 1. The van der Waals surface area contributed by atoms with Gasteiger partial charge in [-0.15, -0.1) is 6.07 Å². The average molecular weight is 521 g/mol. The maximum atomic E-state index is 13.7.